The van der Waals surface area contributed by atoms with Gasteiger partial charge in [-0.3, -0.25) is 0 Å². The molecule has 0 aromatic carbocycles. The van der Waals surface area contributed by atoms with Crippen molar-refractivity contribution in [2.75, 3.05) is 18.4 Å². The Kier molecular flexibility index (Phi) is 7.08. The van der Waals surface area contributed by atoms with Crippen LogP contribution in [0.4, 0.5) is 10.5 Å². The second kappa shape index (κ2) is 9.56. The van der Waals surface area contributed by atoms with Gasteiger partial charge in [0.25, 0.3) is 0 Å². The number of hydrogen-bond donors (Lipinski definition) is 2. The molecule has 1 saturated heterocycles. The number of thioether (sulfide) groups is 1. The van der Waals surface area contributed by atoms with E-state index in [0.717, 1.165) is 18.0 Å². The fourth-order valence-electron chi connectivity index (χ4n) is 2.80. The molecule has 2 N–H and O–H groups in total. The topological polar surface area (TPSA) is 110 Å². The number of carbonyl (C=O) groups is 1. The van der Waals surface area contributed by atoms with Gasteiger partial charge in [0.05, 0.1) is 11.9 Å². The normalized spacial score (nSPS) is 15.0. The zero-order chi connectivity index (χ0) is 21.7. The van der Waals surface area contributed by atoms with E-state index in [0.29, 0.717) is 29.1 Å². The van der Waals surface area contributed by atoms with Gasteiger partial charge in [-0.2, -0.15) is 0 Å². The molecule has 0 radical (unpaired) electrons. The molecule has 0 aliphatic carbocycles. The van der Waals surface area contributed by atoms with Crippen molar-refractivity contribution in [2.45, 2.75) is 49.6 Å². The third kappa shape index (κ3) is 6.52. The Morgan fingerprint density at radius 2 is 2.03 bits per heavy atom. The molecule has 2 aromatic rings. The van der Waals surface area contributed by atoms with Gasteiger partial charge < -0.3 is 20.3 Å². The van der Waals surface area contributed by atoms with Crippen molar-refractivity contribution in [3.05, 3.63) is 18.3 Å². The van der Waals surface area contributed by atoms with Crippen molar-refractivity contribution in [2.24, 2.45) is 7.05 Å². The lowest BCUT2D eigenvalue weighted by Gasteiger charge is -2.30. The average Bonchev–Trinajstić information content (AvgIpc) is 3.07. The molecule has 3 rings (SSSR count). The van der Waals surface area contributed by atoms with Crippen molar-refractivity contribution < 1.29 is 9.53 Å². The van der Waals surface area contributed by atoms with Gasteiger partial charge in [0.15, 0.2) is 5.11 Å². The van der Waals surface area contributed by atoms with Gasteiger partial charge in [-0.25, -0.2) is 14.5 Å². The fourth-order valence-corrected chi connectivity index (χ4v) is 4.24. The summed E-state index contributed by atoms with van der Waals surface area (Å²) in [5, 5.41) is 19.4. The van der Waals surface area contributed by atoms with Gasteiger partial charge in [-0.05, 0) is 62.3 Å². The number of pyridine rings is 1. The number of nitrogens with zero attached hydrogens (tertiary/aromatic N) is 6. The van der Waals surface area contributed by atoms with Crippen LogP contribution in [0.1, 0.15) is 33.6 Å². The van der Waals surface area contributed by atoms with Crippen molar-refractivity contribution in [1.29, 1.82) is 0 Å². The molecule has 0 saturated carbocycles. The highest BCUT2D eigenvalue weighted by Crippen LogP contribution is 2.28. The number of amides is 1. The van der Waals surface area contributed by atoms with Gasteiger partial charge in [0, 0.05) is 37.0 Å². The lowest BCUT2D eigenvalue weighted by Crippen LogP contribution is -2.42. The van der Waals surface area contributed by atoms with E-state index in [4.69, 9.17) is 17.0 Å². The maximum absolute atomic E-state index is 12.4. The smallest absolute Gasteiger partial charge is 0.391 e. The molecular formula is C18H26N8O2S2. The van der Waals surface area contributed by atoms with Crippen LogP contribution in [0.25, 0.3) is 0 Å². The Morgan fingerprint density at radius 1 is 1.30 bits per heavy atom. The van der Waals surface area contributed by atoms with Gasteiger partial charge in [0.1, 0.15) is 0 Å². The van der Waals surface area contributed by atoms with Crippen molar-refractivity contribution >= 4 is 40.9 Å². The predicted molar refractivity (Wildman–Crippen MR) is 119 cm³/mol. The van der Waals surface area contributed by atoms with Crippen LogP contribution in [0, 0.1) is 0 Å². The maximum Gasteiger partial charge on any atom is 0.416 e. The van der Waals surface area contributed by atoms with Crippen LogP contribution in [-0.4, -0.2) is 65.2 Å². The van der Waals surface area contributed by atoms with E-state index in [1.54, 1.807) is 39.7 Å². The molecular weight excluding hydrogens is 424 g/mol. The van der Waals surface area contributed by atoms with E-state index in [1.165, 1.54) is 0 Å². The molecule has 162 valence electrons. The number of rotatable bonds is 4. The van der Waals surface area contributed by atoms with E-state index in [9.17, 15) is 4.79 Å². The molecule has 1 aliphatic rings. The fraction of sp³-hybridized carbons (Fsp3) is 0.556. The van der Waals surface area contributed by atoms with Gasteiger partial charge in [-0.1, -0.05) is 11.8 Å². The summed E-state index contributed by atoms with van der Waals surface area (Å²) in [6.45, 7) is 7.31. The number of nitrogens with one attached hydrogen (secondary N) is 2. The lowest BCUT2D eigenvalue weighted by atomic mass is 10.1. The first kappa shape index (κ1) is 22.2. The van der Waals surface area contributed by atoms with Crippen molar-refractivity contribution in [3.8, 4) is 5.88 Å². The number of piperidine rings is 1. The van der Waals surface area contributed by atoms with Crippen LogP contribution in [-0.2, 0) is 7.05 Å². The summed E-state index contributed by atoms with van der Waals surface area (Å²) in [5.74, 6) is 0.252. The summed E-state index contributed by atoms with van der Waals surface area (Å²) in [6.07, 6.45) is 2.89. The number of ether oxygens (including phenoxy) is 1. The number of carbonyl (C=O) groups excluding carboxylic acids is 1. The first-order valence-corrected chi connectivity index (χ1v) is 10.9. The molecule has 0 spiro atoms. The molecule has 12 heteroatoms. The van der Waals surface area contributed by atoms with Crippen LogP contribution in [0.3, 0.4) is 0 Å². The minimum atomic E-state index is -0.392. The first-order chi connectivity index (χ1) is 14.2. The zero-order valence-electron chi connectivity index (χ0n) is 17.5. The number of anilines is 1. The second-order valence-corrected chi connectivity index (χ2v) is 9.65. The Labute approximate surface area is 185 Å². The lowest BCUT2D eigenvalue weighted by molar-refractivity contribution is 0.142. The van der Waals surface area contributed by atoms with Crippen LogP contribution in [0.15, 0.2) is 23.5 Å². The molecule has 2 aromatic heterocycles. The Bertz CT molecular complexity index is 873. The molecule has 1 aliphatic heterocycles. The highest BCUT2D eigenvalue weighted by atomic mass is 32.2. The highest BCUT2D eigenvalue weighted by Gasteiger charge is 2.26. The molecule has 1 amide bonds. The maximum atomic E-state index is 12.4. The van der Waals surface area contributed by atoms with Gasteiger partial charge in [-0.15, -0.1) is 5.10 Å². The van der Waals surface area contributed by atoms with E-state index in [-0.39, 0.29) is 11.4 Å². The monoisotopic (exact) mass is 450 g/mol. The molecule has 0 bridgehead atoms. The van der Waals surface area contributed by atoms with Crippen LogP contribution in [0.5, 0.6) is 5.88 Å². The van der Waals surface area contributed by atoms with Crippen molar-refractivity contribution in [1.82, 2.24) is 35.4 Å². The molecule has 3 heterocycles. The Balaban J connectivity index is 1.45. The number of hydrogen-bond acceptors (Lipinski definition) is 8. The van der Waals surface area contributed by atoms with E-state index in [2.05, 4.69) is 31.1 Å². The van der Waals surface area contributed by atoms with Gasteiger partial charge >= 0.3 is 6.09 Å². The van der Waals surface area contributed by atoms with E-state index >= 15 is 0 Å². The average molecular weight is 451 g/mol. The summed E-state index contributed by atoms with van der Waals surface area (Å²) < 4.78 is 7.07. The zero-order valence-corrected chi connectivity index (χ0v) is 19.1. The van der Waals surface area contributed by atoms with Crippen molar-refractivity contribution in [3.63, 3.8) is 0 Å². The minimum Gasteiger partial charge on any atom is -0.391 e. The predicted octanol–water partition coefficient (Wildman–Crippen LogP) is 2.45. The Morgan fingerprint density at radius 3 is 2.60 bits per heavy atom. The molecule has 30 heavy (non-hydrogen) atoms. The third-order valence-electron chi connectivity index (χ3n) is 4.23. The second-order valence-electron chi connectivity index (χ2n) is 7.97. The van der Waals surface area contributed by atoms with Gasteiger partial charge in [0.2, 0.25) is 11.0 Å². The summed E-state index contributed by atoms with van der Waals surface area (Å²) in [5.41, 5.74) is 0.581. The van der Waals surface area contributed by atoms with E-state index < -0.39 is 6.09 Å². The minimum absolute atomic E-state index is 0.135. The quantitative estimate of drug-likeness (QED) is 0.674. The largest absolute Gasteiger partial charge is 0.416 e. The number of aryl methyl sites for hydroxylation is 1. The summed E-state index contributed by atoms with van der Waals surface area (Å²) in [7, 11) is 1.82. The number of aromatic nitrogens is 5. The summed E-state index contributed by atoms with van der Waals surface area (Å²) in [4.78, 5) is 18.3. The van der Waals surface area contributed by atoms with Crippen LogP contribution in [0.2, 0.25) is 0 Å². The first-order valence-electron chi connectivity index (χ1n) is 9.60. The standard InChI is InChI=1S/C18H26N8O2S2/c1-18(2,3)21-15(29)20-12-5-6-14(19-11-12)28-17(27)26-9-7-13(8-10-26)30-16-22-23-24-25(16)4/h5-6,11,13H,7-10H2,1-4H3,(H2,20,21,29). The number of likely N-dealkylation sites (tertiary alicyclic amines) is 1. The molecule has 0 atom stereocenters. The summed E-state index contributed by atoms with van der Waals surface area (Å²) in [6, 6.07) is 3.41. The summed E-state index contributed by atoms with van der Waals surface area (Å²) >= 11 is 6.91. The molecule has 0 unspecified atom stereocenters. The van der Waals surface area contributed by atoms with Crippen LogP contribution < -0.4 is 15.4 Å². The SMILES string of the molecule is Cn1nnnc1SC1CCN(C(=O)Oc2ccc(NC(=S)NC(C)(C)C)cn2)CC1. The van der Waals surface area contributed by atoms with Crippen LogP contribution >= 0.6 is 24.0 Å². The van der Waals surface area contributed by atoms with E-state index in [1.807, 2.05) is 27.8 Å². The Hall–Kier alpha value is -2.47. The third-order valence-corrected chi connectivity index (χ3v) is 5.79. The number of tetrazole rings is 1. The number of thiocarbonyl (C=S) groups is 1. The molecule has 10 nitrogen and oxygen atoms in total. The molecule has 1 fully saturated rings. The highest BCUT2D eigenvalue weighted by molar-refractivity contribution is 7.99.